The average molecular weight is 233 g/mol. The van der Waals surface area contributed by atoms with Crippen LogP contribution >= 0.6 is 0 Å². The third-order valence-electron chi connectivity index (χ3n) is 2.89. The van der Waals surface area contributed by atoms with E-state index in [0.29, 0.717) is 13.0 Å². The Kier molecular flexibility index (Phi) is 3.76. The first-order valence-corrected chi connectivity index (χ1v) is 6.01. The number of nitrogens with zero attached hydrogens (tertiary/aromatic N) is 2. The molecule has 0 spiro atoms. The van der Waals surface area contributed by atoms with E-state index in [9.17, 15) is 5.11 Å². The summed E-state index contributed by atoms with van der Waals surface area (Å²) in [4.78, 5) is 0. The fourth-order valence-electron chi connectivity index (χ4n) is 2.05. The summed E-state index contributed by atoms with van der Waals surface area (Å²) in [7, 11) is 1.93. The monoisotopic (exact) mass is 233 g/mol. The molecule has 0 saturated carbocycles. The minimum Gasteiger partial charge on any atom is -0.391 e. The molecule has 1 atom stereocenters. The maximum absolute atomic E-state index is 9.89. The molecule has 1 unspecified atom stereocenters. The number of benzene rings is 1. The van der Waals surface area contributed by atoms with Crippen LogP contribution in [0.4, 0.5) is 0 Å². The molecule has 0 aliphatic carbocycles. The van der Waals surface area contributed by atoms with Crippen LogP contribution in [0.1, 0.15) is 12.6 Å². The first-order chi connectivity index (χ1) is 8.22. The van der Waals surface area contributed by atoms with Gasteiger partial charge in [-0.2, -0.15) is 5.10 Å². The molecule has 1 aromatic heterocycles. The van der Waals surface area contributed by atoms with Crippen molar-refractivity contribution in [3.05, 3.63) is 30.0 Å². The van der Waals surface area contributed by atoms with Crippen LogP contribution in [0, 0.1) is 0 Å². The van der Waals surface area contributed by atoms with Gasteiger partial charge in [-0.05, 0) is 12.6 Å². The highest BCUT2D eigenvalue weighted by molar-refractivity contribution is 5.81. The van der Waals surface area contributed by atoms with Crippen LogP contribution < -0.4 is 5.32 Å². The van der Waals surface area contributed by atoms with E-state index in [1.54, 1.807) is 0 Å². The lowest BCUT2D eigenvalue weighted by Gasteiger charge is -2.09. The number of hydrogen-bond acceptors (Lipinski definition) is 3. The number of likely N-dealkylation sites (N-methyl/N-ethyl adjacent to an activating group) is 1. The molecule has 1 aromatic carbocycles. The predicted octanol–water partition coefficient (Wildman–Crippen LogP) is 1.09. The molecule has 2 rings (SSSR count). The van der Waals surface area contributed by atoms with Crippen molar-refractivity contribution >= 4 is 10.9 Å². The zero-order chi connectivity index (χ0) is 12.3. The number of aromatic nitrogens is 2. The fourth-order valence-corrected chi connectivity index (χ4v) is 2.05. The van der Waals surface area contributed by atoms with Crippen molar-refractivity contribution in [1.82, 2.24) is 15.1 Å². The molecule has 0 bridgehead atoms. The highest BCUT2D eigenvalue weighted by atomic mass is 16.3. The lowest BCUT2D eigenvalue weighted by Crippen LogP contribution is -2.28. The van der Waals surface area contributed by atoms with Crippen molar-refractivity contribution in [3.63, 3.8) is 0 Å². The second kappa shape index (κ2) is 5.29. The molecule has 0 aliphatic heterocycles. The van der Waals surface area contributed by atoms with Gasteiger partial charge in [0.1, 0.15) is 0 Å². The minimum absolute atomic E-state index is 0.381. The van der Waals surface area contributed by atoms with E-state index in [1.807, 2.05) is 36.9 Å². The van der Waals surface area contributed by atoms with E-state index >= 15 is 0 Å². The lowest BCUT2D eigenvalue weighted by atomic mass is 10.1. The molecule has 0 radical (unpaired) electrons. The van der Waals surface area contributed by atoms with Crippen molar-refractivity contribution in [2.75, 3.05) is 13.1 Å². The Morgan fingerprint density at radius 1 is 1.41 bits per heavy atom. The van der Waals surface area contributed by atoms with Crippen molar-refractivity contribution in [2.24, 2.45) is 7.05 Å². The van der Waals surface area contributed by atoms with Gasteiger partial charge in [0, 0.05) is 25.4 Å². The Morgan fingerprint density at radius 2 is 2.18 bits per heavy atom. The predicted molar refractivity (Wildman–Crippen MR) is 69.0 cm³/mol. The maximum atomic E-state index is 9.89. The van der Waals surface area contributed by atoms with Crippen molar-refractivity contribution in [1.29, 1.82) is 0 Å². The number of aryl methyl sites for hydroxylation is 1. The van der Waals surface area contributed by atoms with Gasteiger partial charge in [-0.1, -0.05) is 25.1 Å². The molecular formula is C13H19N3O. The van der Waals surface area contributed by atoms with Crippen molar-refractivity contribution in [2.45, 2.75) is 19.4 Å². The number of aliphatic hydroxyl groups is 1. The average Bonchev–Trinajstić information content (AvgIpc) is 2.65. The van der Waals surface area contributed by atoms with Crippen molar-refractivity contribution < 1.29 is 5.11 Å². The number of fused-ring (bicyclic) bond motifs is 1. The molecule has 4 nitrogen and oxygen atoms in total. The van der Waals surface area contributed by atoms with E-state index in [-0.39, 0.29) is 6.10 Å². The van der Waals surface area contributed by atoms with Crippen molar-refractivity contribution in [3.8, 4) is 0 Å². The molecule has 17 heavy (non-hydrogen) atoms. The Bertz CT molecular complexity index is 492. The molecule has 2 aromatic rings. The largest absolute Gasteiger partial charge is 0.391 e. The van der Waals surface area contributed by atoms with Gasteiger partial charge in [0.2, 0.25) is 0 Å². The zero-order valence-electron chi connectivity index (χ0n) is 10.3. The van der Waals surface area contributed by atoms with Crippen LogP contribution in [0.15, 0.2) is 24.3 Å². The summed E-state index contributed by atoms with van der Waals surface area (Å²) in [6.45, 7) is 3.52. The van der Waals surface area contributed by atoms with E-state index in [4.69, 9.17) is 0 Å². The SMILES string of the molecule is CCNCC(O)Cc1nn(C)c2ccccc12. The quantitative estimate of drug-likeness (QED) is 0.812. The van der Waals surface area contributed by atoms with Gasteiger partial charge in [0.25, 0.3) is 0 Å². The smallest absolute Gasteiger partial charge is 0.0729 e. The second-order valence-corrected chi connectivity index (χ2v) is 4.25. The van der Waals surface area contributed by atoms with Gasteiger partial charge in [0.15, 0.2) is 0 Å². The third kappa shape index (κ3) is 2.65. The summed E-state index contributed by atoms with van der Waals surface area (Å²) in [6, 6.07) is 8.10. The summed E-state index contributed by atoms with van der Waals surface area (Å²) in [5.74, 6) is 0. The minimum atomic E-state index is -0.381. The zero-order valence-corrected chi connectivity index (χ0v) is 10.3. The van der Waals surface area contributed by atoms with Gasteiger partial charge in [-0.25, -0.2) is 0 Å². The molecule has 2 N–H and O–H groups in total. The van der Waals surface area contributed by atoms with Gasteiger partial charge in [-0.3, -0.25) is 4.68 Å². The highest BCUT2D eigenvalue weighted by Crippen LogP contribution is 2.18. The Hall–Kier alpha value is -1.39. The molecular weight excluding hydrogens is 214 g/mol. The van der Waals surface area contributed by atoms with Gasteiger partial charge in [-0.15, -0.1) is 0 Å². The standard InChI is InChI=1S/C13H19N3O/c1-3-14-9-10(17)8-12-11-6-4-5-7-13(11)16(2)15-12/h4-7,10,14,17H,3,8-9H2,1-2H3. The van der Waals surface area contributed by atoms with E-state index < -0.39 is 0 Å². The van der Waals surface area contributed by atoms with E-state index in [1.165, 1.54) is 0 Å². The number of rotatable bonds is 5. The Labute approximate surface area is 101 Å². The lowest BCUT2D eigenvalue weighted by molar-refractivity contribution is 0.171. The summed E-state index contributed by atoms with van der Waals surface area (Å²) >= 11 is 0. The van der Waals surface area contributed by atoms with E-state index in [0.717, 1.165) is 23.1 Å². The van der Waals surface area contributed by atoms with Crippen LogP contribution in [-0.2, 0) is 13.5 Å². The Morgan fingerprint density at radius 3 is 2.94 bits per heavy atom. The second-order valence-electron chi connectivity index (χ2n) is 4.25. The van der Waals surface area contributed by atoms with Gasteiger partial charge < -0.3 is 10.4 Å². The number of para-hydroxylation sites is 1. The third-order valence-corrected chi connectivity index (χ3v) is 2.89. The first kappa shape index (κ1) is 12.1. The van der Waals surface area contributed by atoms with Crippen LogP contribution in [-0.4, -0.2) is 34.1 Å². The molecule has 1 heterocycles. The number of aliphatic hydroxyl groups excluding tert-OH is 1. The normalized spacial score (nSPS) is 13.1. The van der Waals surface area contributed by atoms with Crippen LogP contribution in [0.5, 0.6) is 0 Å². The summed E-state index contributed by atoms with van der Waals surface area (Å²) < 4.78 is 1.87. The summed E-state index contributed by atoms with van der Waals surface area (Å²) in [5.41, 5.74) is 2.08. The topological polar surface area (TPSA) is 50.1 Å². The van der Waals surface area contributed by atoms with Gasteiger partial charge in [0.05, 0.1) is 17.3 Å². The Balaban J connectivity index is 2.18. The molecule has 0 saturated heterocycles. The summed E-state index contributed by atoms with van der Waals surface area (Å²) in [6.07, 6.45) is 0.210. The molecule has 0 aliphatic rings. The van der Waals surface area contributed by atoms with Gasteiger partial charge >= 0.3 is 0 Å². The summed E-state index contributed by atoms with van der Waals surface area (Å²) in [5, 5.41) is 18.6. The molecule has 0 fully saturated rings. The molecule has 0 amide bonds. The van der Waals surface area contributed by atoms with Crippen LogP contribution in [0.3, 0.4) is 0 Å². The van der Waals surface area contributed by atoms with Crippen LogP contribution in [0.25, 0.3) is 10.9 Å². The molecule has 4 heteroatoms. The number of hydrogen-bond donors (Lipinski definition) is 2. The molecule has 92 valence electrons. The fraction of sp³-hybridized carbons (Fsp3) is 0.462. The first-order valence-electron chi connectivity index (χ1n) is 6.01. The number of nitrogens with one attached hydrogen (secondary N) is 1. The van der Waals surface area contributed by atoms with Crippen LogP contribution in [0.2, 0.25) is 0 Å². The van der Waals surface area contributed by atoms with E-state index in [2.05, 4.69) is 16.5 Å². The maximum Gasteiger partial charge on any atom is 0.0729 e. The highest BCUT2D eigenvalue weighted by Gasteiger charge is 2.12.